The van der Waals surface area contributed by atoms with Crippen molar-refractivity contribution in [2.75, 3.05) is 26.2 Å². The molecule has 0 radical (unpaired) electrons. The first kappa shape index (κ1) is 19.1. The van der Waals surface area contributed by atoms with Gasteiger partial charge in [0.25, 0.3) is 5.91 Å². The molecule has 0 N–H and O–H groups in total. The Bertz CT molecular complexity index is 943. The van der Waals surface area contributed by atoms with Gasteiger partial charge in [0.15, 0.2) is 0 Å². The first-order valence-electron chi connectivity index (χ1n) is 9.29. The highest BCUT2D eigenvalue weighted by molar-refractivity contribution is 7.13. The fourth-order valence-corrected chi connectivity index (χ4v) is 4.27. The number of hydrogen-bond donors (Lipinski definition) is 0. The van der Waals surface area contributed by atoms with Crippen LogP contribution >= 0.6 is 22.9 Å². The van der Waals surface area contributed by atoms with Gasteiger partial charge in [-0.2, -0.15) is 4.98 Å². The molecule has 3 heterocycles. The van der Waals surface area contributed by atoms with Crippen LogP contribution in [0.15, 0.2) is 46.3 Å². The van der Waals surface area contributed by atoms with Crippen LogP contribution < -0.4 is 0 Å². The van der Waals surface area contributed by atoms with Gasteiger partial charge in [-0.15, -0.1) is 11.3 Å². The number of amides is 1. The molecule has 4 rings (SSSR count). The third-order valence-corrected chi connectivity index (χ3v) is 6.21. The third kappa shape index (κ3) is 3.97. The first-order valence-corrected chi connectivity index (χ1v) is 10.5. The summed E-state index contributed by atoms with van der Waals surface area (Å²) in [7, 11) is 0. The zero-order valence-corrected chi connectivity index (χ0v) is 17.1. The lowest BCUT2D eigenvalue weighted by Gasteiger charge is -2.25. The summed E-state index contributed by atoms with van der Waals surface area (Å²) >= 11 is 7.79. The normalized spacial score (nSPS) is 16.7. The Labute approximate surface area is 172 Å². The number of carbonyl (C=O) groups is 1. The Hall–Kier alpha value is -2.22. The minimum absolute atomic E-state index is 0.00317. The molecule has 1 saturated heterocycles. The molecule has 1 aromatic carbocycles. The van der Waals surface area contributed by atoms with E-state index >= 15 is 0 Å². The van der Waals surface area contributed by atoms with Crippen molar-refractivity contribution in [1.82, 2.24) is 19.9 Å². The van der Waals surface area contributed by atoms with Gasteiger partial charge in [0.05, 0.1) is 21.5 Å². The molecule has 1 unspecified atom stereocenters. The summed E-state index contributed by atoms with van der Waals surface area (Å²) in [5.41, 5.74) is 0.558. The van der Waals surface area contributed by atoms with E-state index in [1.54, 1.807) is 23.5 Å². The van der Waals surface area contributed by atoms with E-state index in [-0.39, 0.29) is 11.9 Å². The second-order valence-corrected chi connectivity index (χ2v) is 8.13. The molecule has 0 aliphatic carbocycles. The standard InChI is InChI=1S/C20H21ClN4O2S/c1-14(19-22-18(23-27-19)17-8-4-13-28-17)24-9-5-10-25(12-11-24)20(26)15-6-2-3-7-16(15)21/h2-4,6-8,13-14H,5,9-12H2,1H3. The SMILES string of the molecule is CC(c1nc(-c2cccs2)no1)N1CCCN(C(=O)c2ccccc2Cl)CC1. The Morgan fingerprint density at radius 3 is 2.82 bits per heavy atom. The zero-order valence-electron chi connectivity index (χ0n) is 15.5. The van der Waals surface area contributed by atoms with E-state index in [4.69, 9.17) is 16.1 Å². The van der Waals surface area contributed by atoms with Gasteiger partial charge in [-0.05, 0) is 36.9 Å². The Morgan fingerprint density at radius 2 is 2.04 bits per heavy atom. The molecule has 0 spiro atoms. The maximum Gasteiger partial charge on any atom is 0.255 e. The molecule has 8 heteroatoms. The Morgan fingerprint density at radius 1 is 1.18 bits per heavy atom. The van der Waals surface area contributed by atoms with Gasteiger partial charge in [-0.3, -0.25) is 9.69 Å². The molecule has 1 atom stereocenters. The topological polar surface area (TPSA) is 62.5 Å². The highest BCUT2D eigenvalue weighted by atomic mass is 35.5. The van der Waals surface area contributed by atoms with Gasteiger partial charge in [0.2, 0.25) is 11.7 Å². The summed E-state index contributed by atoms with van der Waals surface area (Å²) in [6.07, 6.45) is 0.881. The van der Waals surface area contributed by atoms with Gasteiger partial charge in [0.1, 0.15) is 0 Å². The van der Waals surface area contributed by atoms with Crippen molar-refractivity contribution in [2.45, 2.75) is 19.4 Å². The first-order chi connectivity index (χ1) is 13.6. The Balaban J connectivity index is 1.42. The second-order valence-electron chi connectivity index (χ2n) is 6.77. The van der Waals surface area contributed by atoms with E-state index < -0.39 is 0 Å². The number of nitrogens with zero attached hydrogens (tertiary/aromatic N) is 4. The van der Waals surface area contributed by atoms with Crippen molar-refractivity contribution >= 4 is 28.8 Å². The van der Waals surface area contributed by atoms with Crippen LogP contribution in [-0.2, 0) is 0 Å². The highest BCUT2D eigenvalue weighted by Gasteiger charge is 2.27. The minimum atomic E-state index is -0.0159. The monoisotopic (exact) mass is 416 g/mol. The largest absolute Gasteiger partial charge is 0.337 e. The predicted molar refractivity (Wildman–Crippen MR) is 110 cm³/mol. The van der Waals surface area contributed by atoms with Crippen LogP contribution in [0.3, 0.4) is 0 Å². The van der Waals surface area contributed by atoms with Crippen LogP contribution in [0.25, 0.3) is 10.7 Å². The van der Waals surface area contributed by atoms with Crippen molar-refractivity contribution in [1.29, 1.82) is 0 Å². The summed E-state index contributed by atoms with van der Waals surface area (Å²) < 4.78 is 5.51. The quantitative estimate of drug-likeness (QED) is 0.632. The van der Waals surface area contributed by atoms with E-state index in [9.17, 15) is 4.79 Å². The molecule has 1 aliphatic heterocycles. The number of carbonyl (C=O) groups excluding carboxylic acids is 1. The summed E-state index contributed by atoms with van der Waals surface area (Å²) in [5.74, 6) is 1.22. The average Bonchev–Trinajstić information content (AvgIpc) is 3.35. The molecule has 28 heavy (non-hydrogen) atoms. The van der Waals surface area contributed by atoms with E-state index in [1.165, 1.54) is 0 Å². The molecule has 2 aromatic heterocycles. The van der Waals surface area contributed by atoms with Gasteiger partial charge in [-0.25, -0.2) is 0 Å². The van der Waals surface area contributed by atoms with E-state index in [2.05, 4.69) is 22.0 Å². The third-order valence-electron chi connectivity index (χ3n) is 5.01. The second kappa shape index (κ2) is 8.43. The molecule has 146 valence electrons. The molecule has 1 amide bonds. The summed E-state index contributed by atoms with van der Waals surface area (Å²) in [6, 6.07) is 11.2. The number of halogens is 1. The van der Waals surface area contributed by atoms with Crippen LogP contribution in [-0.4, -0.2) is 52.0 Å². The van der Waals surface area contributed by atoms with Crippen LogP contribution in [0.1, 0.15) is 35.6 Å². The van der Waals surface area contributed by atoms with Crippen molar-refractivity contribution in [3.8, 4) is 10.7 Å². The fourth-order valence-electron chi connectivity index (χ4n) is 3.40. The lowest BCUT2D eigenvalue weighted by atomic mass is 10.2. The van der Waals surface area contributed by atoms with Crippen molar-refractivity contribution in [3.05, 3.63) is 58.3 Å². The summed E-state index contributed by atoms with van der Waals surface area (Å²) in [5, 5.41) is 6.60. The number of thiophene rings is 1. The predicted octanol–water partition coefficient (Wildman–Crippen LogP) is 4.36. The molecule has 3 aromatic rings. The fraction of sp³-hybridized carbons (Fsp3) is 0.350. The molecule has 1 aliphatic rings. The molecule has 0 bridgehead atoms. The summed E-state index contributed by atoms with van der Waals surface area (Å²) in [4.78, 5) is 22.6. The van der Waals surface area contributed by atoms with Crippen molar-refractivity contribution in [3.63, 3.8) is 0 Å². The molecular weight excluding hydrogens is 396 g/mol. The van der Waals surface area contributed by atoms with Crippen LogP contribution in [0.2, 0.25) is 5.02 Å². The molecule has 1 fully saturated rings. The lowest BCUT2D eigenvalue weighted by molar-refractivity contribution is 0.0757. The number of aromatic nitrogens is 2. The van der Waals surface area contributed by atoms with Crippen molar-refractivity contribution < 1.29 is 9.32 Å². The summed E-state index contributed by atoms with van der Waals surface area (Å²) in [6.45, 7) is 5.02. The van der Waals surface area contributed by atoms with E-state index in [1.807, 2.05) is 34.5 Å². The number of hydrogen-bond acceptors (Lipinski definition) is 6. The smallest absolute Gasteiger partial charge is 0.255 e. The molecular formula is C20H21ClN4O2S. The van der Waals surface area contributed by atoms with Crippen molar-refractivity contribution in [2.24, 2.45) is 0 Å². The number of benzene rings is 1. The molecule has 6 nitrogen and oxygen atoms in total. The van der Waals surface area contributed by atoms with Crippen LogP contribution in [0, 0.1) is 0 Å². The minimum Gasteiger partial charge on any atom is -0.337 e. The maximum atomic E-state index is 12.8. The van der Waals surface area contributed by atoms with Crippen LogP contribution in [0.5, 0.6) is 0 Å². The highest BCUT2D eigenvalue weighted by Crippen LogP contribution is 2.26. The zero-order chi connectivity index (χ0) is 19.5. The Kier molecular flexibility index (Phi) is 5.75. The van der Waals surface area contributed by atoms with Gasteiger partial charge < -0.3 is 9.42 Å². The number of rotatable bonds is 4. The maximum absolute atomic E-state index is 12.8. The van der Waals surface area contributed by atoms with Gasteiger partial charge >= 0.3 is 0 Å². The average molecular weight is 417 g/mol. The van der Waals surface area contributed by atoms with E-state index in [0.29, 0.717) is 35.4 Å². The van der Waals surface area contributed by atoms with Gasteiger partial charge in [0, 0.05) is 26.2 Å². The molecule has 0 saturated carbocycles. The van der Waals surface area contributed by atoms with E-state index in [0.717, 1.165) is 24.4 Å². The van der Waals surface area contributed by atoms with Gasteiger partial charge in [-0.1, -0.05) is 35.0 Å². The van der Waals surface area contributed by atoms with Crippen LogP contribution in [0.4, 0.5) is 0 Å². The lowest BCUT2D eigenvalue weighted by Crippen LogP contribution is -2.36.